The molecule has 4 aromatic rings. The Morgan fingerprint density at radius 3 is 2.11 bits per heavy atom. The Balaban J connectivity index is 1.25. The molecule has 0 bridgehead atoms. The van der Waals surface area contributed by atoms with Gasteiger partial charge in [0, 0.05) is 30.5 Å². The molecule has 0 aliphatic carbocycles. The van der Waals surface area contributed by atoms with E-state index in [0.717, 1.165) is 35.6 Å². The van der Waals surface area contributed by atoms with Crippen molar-refractivity contribution in [1.29, 1.82) is 0 Å². The zero-order chi connectivity index (χ0) is 24.7. The van der Waals surface area contributed by atoms with Crippen LogP contribution >= 0.6 is 23.4 Å². The summed E-state index contributed by atoms with van der Waals surface area (Å²) in [5.41, 5.74) is 3.79. The second-order valence-corrected chi connectivity index (χ2v) is 10.1. The van der Waals surface area contributed by atoms with Gasteiger partial charge in [-0.25, -0.2) is 9.97 Å². The molecule has 5 rings (SSSR count). The van der Waals surface area contributed by atoms with Crippen LogP contribution in [0.2, 0.25) is 5.15 Å². The van der Waals surface area contributed by atoms with Crippen LogP contribution in [0.15, 0.2) is 96.2 Å². The first-order valence-corrected chi connectivity index (χ1v) is 13.4. The third-order valence-electron chi connectivity index (χ3n) is 6.22. The van der Waals surface area contributed by atoms with Gasteiger partial charge in [-0.3, -0.25) is 4.79 Å². The topological polar surface area (TPSA) is 58.1 Å². The van der Waals surface area contributed by atoms with E-state index in [0.29, 0.717) is 21.6 Å². The molecule has 0 atom stereocenters. The van der Waals surface area contributed by atoms with Crippen molar-refractivity contribution in [2.24, 2.45) is 0 Å². The minimum Gasteiger partial charge on any atom is -0.356 e. The van der Waals surface area contributed by atoms with Gasteiger partial charge in [0.2, 0.25) is 0 Å². The summed E-state index contributed by atoms with van der Waals surface area (Å²) in [6.45, 7) is 2.02. The van der Waals surface area contributed by atoms with Crippen LogP contribution in [0.3, 0.4) is 0 Å². The fourth-order valence-electron chi connectivity index (χ4n) is 4.32. The average Bonchev–Trinajstić information content (AvgIpc) is 3.47. The third-order valence-corrected chi connectivity index (χ3v) is 7.33. The fraction of sp³-hybridized carbons (Fsp3) is 0.207. The maximum atomic E-state index is 13.1. The monoisotopic (exact) mass is 514 g/mol. The van der Waals surface area contributed by atoms with Crippen molar-refractivity contribution in [1.82, 2.24) is 15.3 Å². The third kappa shape index (κ3) is 6.07. The number of aromatic nitrogens is 2. The van der Waals surface area contributed by atoms with E-state index in [1.54, 1.807) is 11.8 Å². The zero-order valence-electron chi connectivity index (χ0n) is 19.8. The highest BCUT2D eigenvalue weighted by Crippen LogP contribution is 2.27. The van der Waals surface area contributed by atoms with Crippen molar-refractivity contribution in [2.75, 3.05) is 18.0 Å². The molecule has 3 aromatic carbocycles. The standard InChI is InChI=1S/C29H27ClN4OS/c30-25-19-26(34-17-7-8-18-34)32-29(31-25)36-20-21-13-15-24(16-14-21)28(35)33-27(22-9-3-1-4-10-22)23-11-5-2-6-12-23/h1-6,9-16,19,27H,7-8,17-18,20H2,(H,33,35). The number of halogens is 1. The smallest absolute Gasteiger partial charge is 0.252 e. The lowest BCUT2D eigenvalue weighted by molar-refractivity contribution is 0.0943. The molecule has 0 spiro atoms. The normalized spacial score (nSPS) is 13.2. The van der Waals surface area contributed by atoms with Crippen LogP contribution in [0.4, 0.5) is 5.82 Å². The molecular weight excluding hydrogens is 488 g/mol. The molecule has 36 heavy (non-hydrogen) atoms. The van der Waals surface area contributed by atoms with Crippen molar-refractivity contribution in [3.05, 3.63) is 118 Å². The molecule has 1 aliphatic heterocycles. The number of nitrogens with one attached hydrogen (secondary N) is 1. The van der Waals surface area contributed by atoms with E-state index >= 15 is 0 Å². The van der Waals surface area contributed by atoms with Gasteiger partial charge in [-0.05, 0) is 41.7 Å². The van der Waals surface area contributed by atoms with Crippen molar-refractivity contribution in [2.45, 2.75) is 29.8 Å². The minimum atomic E-state index is -0.222. The first kappa shape index (κ1) is 24.3. The lowest BCUT2D eigenvalue weighted by Crippen LogP contribution is -2.29. The van der Waals surface area contributed by atoms with Crippen molar-refractivity contribution in [3.63, 3.8) is 0 Å². The molecular formula is C29H27ClN4OS. The van der Waals surface area contributed by atoms with Gasteiger partial charge in [-0.1, -0.05) is 96.2 Å². The van der Waals surface area contributed by atoms with E-state index in [4.69, 9.17) is 16.6 Å². The highest BCUT2D eigenvalue weighted by molar-refractivity contribution is 7.98. The average molecular weight is 515 g/mol. The molecule has 5 nitrogen and oxygen atoms in total. The van der Waals surface area contributed by atoms with Crippen molar-refractivity contribution in [3.8, 4) is 0 Å². The first-order valence-electron chi connectivity index (χ1n) is 12.1. The molecule has 0 saturated carbocycles. The molecule has 182 valence electrons. The number of thioether (sulfide) groups is 1. The van der Waals surface area contributed by atoms with Gasteiger partial charge in [-0.2, -0.15) is 0 Å². The summed E-state index contributed by atoms with van der Waals surface area (Å²) in [6.07, 6.45) is 2.36. The quantitative estimate of drug-likeness (QED) is 0.164. The molecule has 1 fully saturated rings. The Morgan fingerprint density at radius 1 is 0.889 bits per heavy atom. The maximum absolute atomic E-state index is 13.1. The number of carbonyl (C=O) groups is 1. The van der Waals surface area contributed by atoms with Crippen LogP contribution in [0.25, 0.3) is 0 Å². The van der Waals surface area contributed by atoms with E-state index in [1.807, 2.05) is 91.0 Å². The van der Waals surface area contributed by atoms with Crippen molar-refractivity contribution < 1.29 is 4.79 Å². The zero-order valence-corrected chi connectivity index (χ0v) is 21.4. The molecule has 7 heteroatoms. The van der Waals surface area contributed by atoms with Gasteiger partial charge in [0.05, 0.1) is 6.04 Å². The summed E-state index contributed by atoms with van der Waals surface area (Å²) in [7, 11) is 0. The summed E-state index contributed by atoms with van der Waals surface area (Å²) in [6, 6.07) is 29.3. The number of carbonyl (C=O) groups excluding carboxylic acids is 1. The van der Waals surface area contributed by atoms with Gasteiger partial charge in [0.25, 0.3) is 5.91 Å². The summed E-state index contributed by atoms with van der Waals surface area (Å²) in [5.74, 6) is 1.48. The highest BCUT2D eigenvalue weighted by Gasteiger charge is 2.18. The predicted octanol–water partition coefficient (Wildman–Crippen LogP) is 6.54. The number of hydrogen-bond donors (Lipinski definition) is 1. The highest BCUT2D eigenvalue weighted by atomic mass is 35.5. The lowest BCUT2D eigenvalue weighted by Gasteiger charge is -2.20. The van der Waals surface area contributed by atoms with Crippen LogP contribution in [-0.4, -0.2) is 29.0 Å². The summed E-state index contributed by atoms with van der Waals surface area (Å²) in [5, 5.41) is 4.33. The van der Waals surface area contributed by atoms with E-state index in [2.05, 4.69) is 15.2 Å². The molecule has 1 aromatic heterocycles. The van der Waals surface area contributed by atoms with Crippen LogP contribution in [0.1, 0.15) is 45.9 Å². The van der Waals surface area contributed by atoms with E-state index in [9.17, 15) is 4.79 Å². The number of nitrogens with zero attached hydrogens (tertiary/aromatic N) is 3. The Kier molecular flexibility index (Phi) is 7.84. The van der Waals surface area contributed by atoms with Gasteiger partial charge >= 0.3 is 0 Å². The van der Waals surface area contributed by atoms with Crippen LogP contribution in [0.5, 0.6) is 0 Å². The first-order chi connectivity index (χ1) is 17.7. The van der Waals surface area contributed by atoms with E-state index in [1.165, 1.54) is 12.8 Å². The number of benzene rings is 3. The lowest BCUT2D eigenvalue weighted by atomic mass is 9.98. The number of rotatable bonds is 8. The second kappa shape index (κ2) is 11.6. The van der Waals surface area contributed by atoms with Crippen LogP contribution < -0.4 is 10.2 Å². The Hall–Kier alpha value is -3.35. The number of amides is 1. The minimum absolute atomic E-state index is 0.111. The fourth-order valence-corrected chi connectivity index (χ4v) is 5.36. The molecule has 0 radical (unpaired) electrons. The Bertz CT molecular complexity index is 1260. The van der Waals surface area contributed by atoms with E-state index < -0.39 is 0 Å². The summed E-state index contributed by atoms with van der Waals surface area (Å²) < 4.78 is 0. The SMILES string of the molecule is O=C(NC(c1ccccc1)c1ccccc1)c1ccc(CSc2nc(Cl)cc(N3CCCC3)n2)cc1. The predicted molar refractivity (Wildman–Crippen MR) is 147 cm³/mol. The molecule has 2 heterocycles. The maximum Gasteiger partial charge on any atom is 0.252 e. The summed E-state index contributed by atoms with van der Waals surface area (Å²) >= 11 is 7.81. The van der Waals surface area contributed by atoms with E-state index in [-0.39, 0.29) is 11.9 Å². The number of anilines is 1. The van der Waals surface area contributed by atoms with Crippen LogP contribution in [0, 0.1) is 0 Å². The second-order valence-electron chi connectivity index (χ2n) is 8.74. The van der Waals surface area contributed by atoms with Gasteiger partial charge in [0.15, 0.2) is 5.16 Å². The molecule has 1 N–H and O–H groups in total. The Labute approximate surface area is 220 Å². The number of hydrogen-bond acceptors (Lipinski definition) is 5. The largest absolute Gasteiger partial charge is 0.356 e. The molecule has 1 saturated heterocycles. The van der Waals surface area contributed by atoms with Gasteiger partial charge < -0.3 is 10.2 Å². The molecule has 1 aliphatic rings. The van der Waals surface area contributed by atoms with Crippen molar-refractivity contribution >= 4 is 35.1 Å². The molecule has 1 amide bonds. The van der Waals surface area contributed by atoms with Crippen LogP contribution in [-0.2, 0) is 5.75 Å². The summed E-state index contributed by atoms with van der Waals surface area (Å²) in [4.78, 5) is 24.5. The van der Waals surface area contributed by atoms with Gasteiger partial charge in [-0.15, -0.1) is 0 Å². The Morgan fingerprint density at radius 2 is 1.50 bits per heavy atom. The van der Waals surface area contributed by atoms with Gasteiger partial charge in [0.1, 0.15) is 11.0 Å². The molecule has 0 unspecified atom stereocenters.